The number of hydrogen-bond donors (Lipinski definition) is 2. The van der Waals surface area contributed by atoms with E-state index >= 15 is 0 Å². The second-order valence-electron chi connectivity index (χ2n) is 8.53. The van der Waals surface area contributed by atoms with Gasteiger partial charge in [-0.05, 0) is 62.9 Å². The van der Waals surface area contributed by atoms with E-state index in [0.29, 0.717) is 35.9 Å². The van der Waals surface area contributed by atoms with Crippen LogP contribution in [0.5, 0.6) is 0 Å². The minimum Gasteiger partial charge on any atom is -0.350 e. The van der Waals surface area contributed by atoms with Gasteiger partial charge < -0.3 is 10.6 Å². The van der Waals surface area contributed by atoms with Gasteiger partial charge in [-0.3, -0.25) is 14.7 Å². The Balaban J connectivity index is 0.00000136. The average Bonchev–Trinajstić information content (AvgIpc) is 2.80. The summed E-state index contributed by atoms with van der Waals surface area (Å²) in [6.45, 7) is 4.07. The Hall–Kier alpha value is -1.80. The van der Waals surface area contributed by atoms with Crippen molar-refractivity contribution in [2.75, 3.05) is 26.2 Å². The van der Waals surface area contributed by atoms with Crippen LogP contribution in [-0.4, -0.2) is 64.0 Å². The molecule has 5 heterocycles. The van der Waals surface area contributed by atoms with E-state index in [-0.39, 0.29) is 30.7 Å². The van der Waals surface area contributed by atoms with Gasteiger partial charge in [-0.25, -0.2) is 9.97 Å². The topological polar surface area (TPSA) is 83.0 Å². The highest BCUT2D eigenvalue weighted by Gasteiger charge is 2.45. The van der Waals surface area contributed by atoms with Gasteiger partial charge in [0.2, 0.25) is 0 Å². The van der Waals surface area contributed by atoms with E-state index in [1.165, 1.54) is 32.2 Å². The molecule has 168 valence electrons. The van der Waals surface area contributed by atoms with Gasteiger partial charge in [-0.2, -0.15) is 0 Å². The lowest BCUT2D eigenvalue weighted by Gasteiger charge is -2.55. The number of piperidine rings is 3. The molecule has 2 bridgehead atoms. The van der Waals surface area contributed by atoms with Crippen LogP contribution in [0.1, 0.15) is 36.0 Å². The molecule has 0 saturated carbocycles. The third-order valence-electron chi connectivity index (χ3n) is 6.83. The van der Waals surface area contributed by atoms with E-state index in [1.54, 1.807) is 24.8 Å². The van der Waals surface area contributed by atoms with E-state index in [9.17, 15) is 4.79 Å². The molecule has 1 amide bonds. The van der Waals surface area contributed by atoms with Crippen molar-refractivity contribution >= 4 is 30.7 Å². The van der Waals surface area contributed by atoms with Gasteiger partial charge >= 0.3 is 0 Å². The average molecular weight is 465 g/mol. The Bertz CT molecular complexity index is 853. The molecule has 2 aromatic rings. The summed E-state index contributed by atoms with van der Waals surface area (Å²) in [6.07, 6.45) is 11.8. The first-order valence-electron chi connectivity index (χ1n) is 10.8. The number of hydrogen-bond acceptors (Lipinski definition) is 6. The van der Waals surface area contributed by atoms with Crippen LogP contribution in [0.15, 0.2) is 36.9 Å². The second kappa shape index (κ2) is 10.7. The Morgan fingerprint density at radius 3 is 2.71 bits per heavy atom. The number of amides is 1. The molecular formula is C22H30Cl2N6O. The minimum absolute atomic E-state index is 0. The maximum atomic E-state index is 12.7. The summed E-state index contributed by atoms with van der Waals surface area (Å²) < 4.78 is 0. The van der Waals surface area contributed by atoms with Gasteiger partial charge in [-0.1, -0.05) is 6.42 Å². The molecule has 2 N–H and O–H groups in total. The largest absolute Gasteiger partial charge is 0.350 e. The molecule has 3 aliphatic heterocycles. The summed E-state index contributed by atoms with van der Waals surface area (Å²) in [5.41, 5.74) is 1.35. The molecule has 7 nitrogen and oxygen atoms in total. The fourth-order valence-corrected chi connectivity index (χ4v) is 5.44. The molecule has 0 spiro atoms. The van der Waals surface area contributed by atoms with E-state index in [4.69, 9.17) is 0 Å². The van der Waals surface area contributed by atoms with Crippen molar-refractivity contribution in [1.29, 1.82) is 0 Å². The van der Waals surface area contributed by atoms with Gasteiger partial charge in [0.05, 0.1) is 5.56 Å². The van der Waals surface area contributed by atoms with Gasteiger partial charge in [0.25, 0.3) is 5.91 Å². The fourth-order valence-electron chi connectivity index (χ4n) is 5.44. The molecule has 5 rings (SSSR count). The summed E-state index contributed by atoms with van der Waals surface area (Å²) in [7, 11) is 0. The lowest BCUT2D eigenvalue weighted by Crippen LogP contribution is -2.65. The van der Waals surface area contributed by atoms with Crippen LogP contribution in [0.4, 0.5) is 0 Å². The van der Waals surface area contributed by atoms with Crippen molar-refractivity contribution in [3.63, 3.8) is 0 Å². The summed E-state index contributed by atoms with van der Waals surface area (Å²) in [4.78, 5) is 28.2. The normalized spacial score (nSPS) is 27.2. The number of pyridine rings is 1. The molecule has 4 atom stereocenters. The number of carbonyl (C=O) groups is 1. The third kappa shape index (κ3) is 5.00. The maximum Gasteiger partial charge on any atom is 0.254 e. The molecular weight excluding hydrogens is 435 g/mol. The number of nitrogens with one attached hydrogen (secondary N) is 2. The zero-order valence-electron chi connectivity index (χ0n) is 17.4. The molecule has 3 saturated heterocycles. The smallest absolute Gasteiger partial charge is 0.254 e. The molecule has 3 fully saturated rings. The summed E-state index contributed by atoms with van der Waals surface area (Å²) in [5, 5.41) is 6.79. The van der Waals surface area contributed by atoms with Crippen LogP contribution < -0.4 is 10.6 Å². The summed E-state index contributed by atoms with van der Waals surface area (Å²) in [5.74, 6) is 1.88. The number of carbonyl (C=O) groups excluding carboxylic acids is 1. The second-order valence-corrected chi connectivity index (χ2v) is 8.53. The summed E-state index contributed by atoms with van der Waals surface area (Å²) in [6, 6.07) is 4.86. The van der Waals surface area contributed by atoms with Crippen LogP contribution in [0.2, 0.25) is 0 Å². The van der Waals surface area contributed by atoms with Gasteiger partial charge in [-0.15, -0.1) is 24.8 Å². The molecule has 9 heteroatoms. The Labute approximate surface area is 195 Å². The number of aromatic nitrogens is 3. The number of halogens is 2. The van der Waals surface area contributed by atoms with Crippen molar-refractivity contribution in [2.45, 2.75) is 37.8 Å². The molecule has 0 unspecified atom stereocenters. The van der Waals surface area contributed by atoms with E-state index in [2.05, 4.69) is 30.5 Å². The van der Waals surface area contributed by atoms with Crippen molar-refractivity contribution in [1.82, 2.24) is 30.5 Å². The van der Waals surface area contributed by atoms with E-state index < -0.39 is 0 Å². The van der Waals surface area contributed by atoms with Crippen LogP contribution in [0.3, 0.4) is 0 Å². The Morgan fingerprint density at radius 1 is 1.13 bits per heavy atom. The third-order valence-corrected chi connectivity index (χ3v) is 6.83. The Morgan fingerprint density at radius 2 is 1.94 bits per heavy atom. The molecule has 0 aromatic carbocycles. The van der Waals surface area contributed by atoms with Gasteiger partial charge in [0, 0.05) is 49.0 Å². The fraction of sp³-hybridized carbons (Fsp3) is 0.545. The maximum absolute atomic E-state index is 12.7. The lowest BCUT2D eigenvalue weighted by atomic mass is 9.73. The van der Waals surface area contributed by atoms with E-state index in [1.807, 2.05) is 12.1 Å². The first-order chi connectivity index (χ1) is 14.3. The highest BCUT2D eigenvalue weighted by Crippen LogP contribution is 2.38. The number of nitrogens with zero attached hydrogens (tertiary/aromatic N) is 4. The quantitative estimate of drug-likeness (QED) is 0.723. The molecule has 2 aromatic heterocycles. The SMILES string of the molecule is Cl.Cl.O=C(NC[C@H]1[C@@H]2CNC[C@@H](C2)[C@@H]2CCCCN21)c1cnc(-c2cccnc2)nc1. The Kier molecular flexibility index (Phi) is 8.22. The van der Waals surface area contributed by atoms with Crippen LogP contribution >= 0.6 is 24.8 Å². The molecule has 0 aliphatic carbocycles. The van der Waals surface area contributed by atoms with Crippen molar-refractivity contribution < 1.29 is 4.79 Å². The number of fused-ring (bicyclic) bond motifs is 4. The van der Waals surface area contributed by atoms with Gasteiger partial charge in [0.15, 0.2) is 5.82 Å². The van der Waals surface area contributed by atoms with Gasteiger partial charge in [0.1, 0.15) is 0 Å². The minimum atomic E-state index is -0.0952. The lowest BCUT2D eigenvalue weighted by molar-refractivity contribution is -0.0371. The standard InChI is InChI=1S/C22H28N6O.2ClH/c29-22(18-12-25-21(26-13-18)15-4-3-6-23-9-15)27-14-20-17-8-16(10-24-11-17)19-5-1-2-7-28(19)20;;/h3-4,6,9,12-13,16-17,19-20,24H,1-2,5,7-8,10-11,14H2,(H,27,29);2*1H/t16-,17+,19+,20+;;/m1../s1. The summed E-state index contributed by atoms with van der Waals surface area (Å²) >= 11 is 0. The predicted molar refractivity (Wildman–Crippen MR) is 125 cm³/mol. The molecule has 31 heavy (non-hydrogen) atoms. The van der Waals surface area contributed by atoms with Crippen molar-refractivity contribution in [2.24, 2.45) is 11.8 Å². The molecule has 0 radical (unpaired) electrons. The predicted octanol–water partition coefficient (Wildman–Crippen LogP) is 2.57. The molecule has 3 aliphatic rings. The highest BCUT2D eigenvalue weighted by atomic mass is 35.5. The monoisotopic (exact) mass is 464 g/mol. The highest BCUT2D eigenvalue weighted by molar-refractivity contribution is 5.93. The van der Waals surface area contributed by atoms with Crippen molar-refractivity contribution in [3.05, 3.63) is 42.5 Å². The zero-order chi connectivity index (χ0) is 19.6. The zero-order valence-corrected chi connectivity index (χ0v) is 19.1. The first-order valence-corrected chi connectivity index (χ1v) is 10.8. The van der Waals surface area contributed by atoms with Crippen LogP contribution in [0, 0.1) is 11.8 Å². The van der Waals surface area contributed by atoms with E-state index in [0.717, 1.165) is 24.6 Å². The first kappa shape index (κ1) is 23.9. The number of rotatable bonds is 4. The van der Waals surface area contributed by atoms with Crippen LogP contribution in [0.25, 0.3) is 11.4 Å². The van der Waals surface area contributed by atoms with Crippen molar-refractivity contribution in [3.8, 4) is 11.4 Å². The van der Waals surface area contributed by atoms with Crippen LogP contribution in [-0.2, 0) is 0 Å².